The Bertz CT molecular complexity index is 329. The lowest BCUT2D eigenvalue weighted by Crippen LogP contribution is -2.04. The molecule has 0 unspecified atom stereocenters. The molecule has 6 nitrogen and oxygen atoms in total. The van der Waals surface area contributed by atoms with Crippen molar-refractivity contribution >= 4 is 18.1 Å². The van der Waals surface area contributed by atoms with Crippen LogP contribution in [0.3, 0.4) is 0 Å². The molecule has 88 valence electrons. The summed E-state index contributed by atoms with van der Waals surface area (Å²) < 4.78 is 0. The molecule has 0 aliphatic carbocycles. The standard InChI is InChI=1S/C10H18N6/c1-3-4-5-6-7-12-16-10-14-8(2)13-9(11)15-10/h7H,3-6H2,1-2H3,(H3,11,13,14,15,16)/b12-7+. The SMILES string of the molecule is CCCCC/C=N/Nc1nc(C)nc(N)n1. The van der Waals surface area contributed by atoms with Crippen molar-refractivity contribution < 1.29 is 0 Å². The maximum atomic E-state index is 5.48. The van der Waals surface area contributed by atoms with Crippen LogP contribution in [0.5, 0.6) is 0 Å². The summed E-state index contributed by atoms with van der Waals surface area (Å²) >= 11 is 0. The summed E-state index contributed by atoms with van der Waals surface area (Å²) in [6.07, 6.45) is 6.37. The molecule has 1 heterocycles. The molecule has 1 rings (SSSR count). The van der Waals surface area contributed by atoms with Crippen molar-refractivity contribution in [1.29, 1.82) is 0 Å². The van der Waals surface area contributed by atoms with E-state index in [-0.39, 0.29) is 5.95 Å². The van der Waals surface area contributed by atoms with Gasteiger partial charge in [0.2, 0.25) is 11.9 Å². The first kappa shape index (κ1) is 12.4. The van der Waals surface area contributed by atoms with Crippen LogP contribution in [0.15, 0.2) is 5.10 Å². The first-order valence-corrected chi connectivity index (χ1v) is 5.48. The quantitative estimate of drug-likeness (QED) is 0.434. The number of hydrazone groups is 1. The van der Waals surface area contributed by atoms with Gasteiger partial charge in [-0.3, -0.25) is 0 Å². The second-order valence-electron chi connectivity index (χ2n) is 3.48. The minimum absolute atomic E-state index is 0.205. The third-order valence-corrected chi connectivity index (χ3v) is 1.96. The number of unbranched alkanes of at least 4 members (excludes halogenated alkanes) is 3. The van der Waals surface area contributed by atoms with E-state index in [9.17, 15) is 0 Å². The molecule has 6 heteroatoms. The molecule has 0 aliphatic heterocycles. The molecular formula is C10H18N6. The monoisotopic (exact) mass is 222 g/mol. The number of anilines is 2. The predicted molar refractivity (Wildman–Crippen MR) is 65.2 cm³/mol. The fourth-order valence-corrected chi connectivity index (χ4v) is 1.21. The minimum atomic E-state index is 0.205. The third kappa shape index (κ3) is 4.68. The van der Waals surface area contributed by atoms with Gasteiger partial charge in [0.15, 0.2) is 0 Å². The molecule has 0 aromatic carbocycles. The van der Waals surface area contributed by atoms with Crippen LogP contribution in [0, 0.1) is 6.92 Å². The van der Waals surface area contributed by atoms with Crippen molar-refractivity contribution in [2.45, 2.75) is 39.5 Å². The zero-order valence-electron chi connectivity index (χ0n) is 9.77. The fraction of sp³-hybridized carbons (Fsp3) is 0.600. The second-order valence-corrected chi connectivity index (χ2v) is 3.48. The van der Waals surface area contributed by atoms with E-state index in [0.717, 1.165) is 12.8 Å². The highest BCUT2D eigenvalue weighted by atomic mass is 15.4. The summed E-state index contributed by atoms with van der Waals surface area (Å²) in [4.78, 5) is 11.8. The molecule has 1 aromatic heterocycles. The van der Waals surface area contributed by atoms with Gasteiger partial charge in [0.05, 0.1) is 0 Å². The number of nitrogen functional groups attached to an aromatic ring is 1. The zero-order chi connectivity index (χ0) is 11.8. The highest BCUT2D eigenvalue weighted by Crippen LogP contribution is 2.01. The summed E-state index contributed by atoms with van der Waals surface area (Å²) in [7, 11) is 0. The van der Waals surface area contributed by atoms with E-state index in [2.05, 4.69) is 32.4 Å². The van der Waals surface area contributed by atoms with Crippen molar-refractivity contribution in [2.75, 3.05) is 11.2 Å². The molecule has 0 spiro atoms. The average Bonchev–Trinajstić information content (AvgIpc) is 2.22. The highest BCUT2D eigenvalue weighted by molar-refractivity contribution is 5.58. The van der Waals surface area contributed by atoms with E-state index in [1.807, 2.05) is 6.21 Å². The van der Waals surface area contributed by atoms with E-state index < -0.39 is 0 Å². The van der Waals surface area contributed by atoms with Gasteiger partial charge in [0.1, 0.15) is 5.82 Å². The average molecular weight is 222 g/mol. The van der Waals surface area contributed by atoms with Gasteiger partial charge in [-0.1, -0.05) is 19.8 Å². The summed E-state index contributed by atoms with van der Waals surface area (Å²) in [5.74, 6) is 1.17. The Hall–Kier alpha value is -1.72. The molecule has 0 amide bonds. The molecule has 16 heavy (non-hydrogen) atoms. The Morgan fingerprint density at radius 3 is 2.81 bits per heavy atom. The number of aryl methyl sites for hydroxylation is 1. The first-order valence-electron chi connectivity index (χ1n) is 5.48. The number of rotatable bonds is 6. The topological polar surface area (TPSA) is 89.1 Å². The Balaban J connectivity index is 2.36. The minimum Gasteiger partial charge on any atom is -0.368 e. The maximum absolute atomic E-state index is 5.48. The summed E-state index contributed by atoms with van der Waals surface area (Å²) in [5.41, 5.74) is 8.21. The number of aromatic nitrogens is 3. The van der Waals surface area contributed by atoms with Gasteiger partial charge in [0.25, 0.3) is 0 Å². The van der Waals surface area contributed by atoms with E-state index in [4.69, 9.17) is 5.73 Å². The molecule has 1 aromatic rings. The van der Waals surface area contributed by atoms with Gasteiger partial charge >= 0.3 is 0 Å². The second kappa shape index (κ2) is 6.71. The van der Waals surface area contributed by atoms with Crippen molar-refractivity contribution in [2.24, 2.45) is 5.10 Å². The van der Waals surface area contributed by atoms with Crippen LogP contribution in [0.4, 0.5) is 11.9 Å². The summed E-state index contributed by atoms with van der Waals surface area (Å²) in [6.45, 7) is 3.93. The first-order chi connectivity index (χ1) is 7.72. The van der Waals surface area contributed by atoms with Gasteiger partial charge < -0.3 is 5.73 Å². The van der Waals surface area contributed by atoms with Gasteiger partial charge in [-0.05, 0) is 19.8 Å². The number of nitrogens with two attached hydrogens (primary N) is 1. The third-order valence-electron chi connectivity index (χ3n) is 1.96. The van der Waals surface area contributed by atoms with Gasteiger partial charge in [0, 0.05) is 6.21 Å². The summed E-state index contributed by atoms with van der Waals surface area (Å²) in [6, 6.07) is 0. The Morgan fingerprint density at radius 1 is 1.31 bits per heavy atom. The van der Waals surface area contributed by atoms with Crippen molar-refractivity contribution in [3.8, 4) is 0 Å². The largest absolute Gasteiger partial charge is 0.368 e. The van der Waals surface area contributed by atoms with E-state index in [0.29, 0.717) is 11.8 Å². The van der Waals surface area contributed by atoms with Crippen LogP contribution in [-0.2, 0) is 0 Å². The molecule has 0 saturated heterocycles. The highest BCUT2D eigenvalue weighted by Gasteiger charge is 1.98. The lowest BCUT2D eigenvalue weighted by Gasteiger charge is -2.00. The van der Waals surface area contributed by atoms with Gasteiger partial charge in [-0.2, -0.15) is 20.1 Å². The van der Waals surface area contributed by atoms with Gasteiger partial charge in [-0.25, -0.2) is 5.43 Å². The molecule has 0 radical (unpaired) electrons. The van der Waals surface area contributed by atoms with E-state index in [1.165, 1.54) is 12.8 Å². The Morgan fingerprint density at radius 2 is 2.12 bits per heavy atom. The molecule has 0 saturated carbocycles. The van der Waals surface area contributed by atoms with E-state index >= 15 is 0 Å². The Labute approximate surface area is 95.4 Å². The van der Waals surface area contributed by atoms with Crippen LogP contribution in [0.2, 0.25) is 0 Å². The molecule has 0 fully saturated rings. The van der Waals surface area contributed by atoms with Crippen molar-refractivity contribution in [1.82, 2.24) is 15.0 Å². The normalized spacial score (nSPS) is 10.9. The number of hydrogen-bond donors (Lipinski definition) is 2. The van der Waals surface area contributed by atoms with Crippen LogP contribution in [0.1, 0.15) is 38.4 Å². The van der Waals surface area contributed by atoms with Crippen molar-refractivity contribution in [3.63, 3.8) is 0 Å². The lowest BCUT2D eigenvalue weighted by atomic mass is 10.2. The number of hydrogen-bond acceptors (Lipinski definition) is 6. The maximum Gasteiger partial charge on any atom is 0.248 e. The Kier molecular flexibility index (Phi) is 5.18. The zero-order valence-corrected chi connectivity index (χ0v) is 9.77. The molecular weight excluding hydrogens is 204 g/mol. The van der Waals surface area contributed by atoms with Crippen LogP contribution in [-0.4, -0.2) is 21.2 Å². The number of nitrogens with zero attached hydrogens (tertiary/aromatic N) is 4. The predicted octanol–water partition coefficient (Wildman–Crippen LogP) is 1.74. The molecule has 0 aliphatic rings. The van der Waals surface area contributed by atoms with Crippen molar-refractivity contribution in [3.05, 3.63) is 5.82 Å². The number of nitrogens with one attached hydrogen (secondary N) is 1. The fourth-order valence-electron chi connectivity index (χ4n) is 1.21. The smallest absolute Gasteiger partial charge is 0.248 e. The van der Waals surface area contributed by atoms with Crippen LogP contribution >= 0.6 is 0 Å². The molecule has 0 bridgehead atoms. The van der Waals surface area contributed by atoms with E-state index in [1.54, 1.807) is 6.92 Å². The molecule has 3 N–H and O–H groups in total. The van der Waals surface area contributed by atoms with Crippen LogP contribution in [0.25, 0.3) is 0 Å². The molecule has 0 atom stereocenters. The van der Waals surface area contributed by atoms with Gasteiger partial charge in [-0.15, -0.1) is 0 Å². The van der Waals surface area contributed by atoms with Crippen LogP contribution < -0.4 is 11.2 Å². The lowest BCUT2D eigenvalue weighted by molar-refractivity contribution is 0.746. The summed E-state index contributed by atoms with van der Waals surface area (Å²) in [5, 5.41) is 4.01.